The zero-order valence-corrected chi connectivity index (χ0v) is 17.2. The Hall–Kier alpha value is -3.02. The maximum atomic E-state index is 13.2. The molecule has 0 radical (unpaired) electrons. The molecule has 3 aromatic carbocycles. The summed E-state index contributed by atoms with van der Waals surface area (Å²) in [5, 5.41) is 9.99. The Morgan fingerprint density at radius 1 is 0.903 bits per heavy atom. The number of hydrogen-bond donors (Lipinski definition) is 1. The van der Waals surface area contributed by atoms with E-state index in [2.05, 4.69) is 41.3 Å². The van der Waals surface area contributed by atoms with Crippen molar-refractivity contribution in [2.45, 2.75) is 24.5 Å². The van der Waals surface area contributed by atoms with Gasteiger partial charge >= 0.3 is 0 Å². The smallest absolute Gasteiger partial charge is 0.237 e. The molecule has 4 nitrogen and oxygen atoms in total. The van der Waals surface area contributed by atoms with Gasteiger partial charge in [-0.15, -0.1) is 0 Å². The third kappa shape index (κ3) is 3.75. The van der Waals surface area contributed by atoms with Crippen LogP contribution in [0.15, 0.2) is 78.9 Å². The number of halogens is 1. The summed E-state index contributed by atoms with van der Waals surface area (Å²) in [5.41, 5.74) is 4.46. The highest BCUT2D eigenvalue weighted by molar-refractivity contribution is 5.81. The lowest BCUT2D eigenvalue weighted by molar-refractivity contribution is -0.162. The minimum Gasteiger partial charge on any atom is -0.394 e. The van der Waals surface area contributed by atoms with Crippen molar-refractivity contribution in [2.24, 2.45) is 0 Å². The summed E-state index contributed by atoms with van der Waals surface area (Å²) in [7, 11) is 0. The highest BCUT2D eigenvalue weighted by Crippen LogP contribution is 2.43. The minimum absolute atomic E-state index is 0.0364. The number of piperazine rings is 1. The maximum absolute atomic E-state index is 13.2. The van der Waals surface area contributed by atoms with E-state index in [1.807, 2.05) is 23.1 Å². The molecule has 2 aliphatic rings. The second kappa shape index (κ2) is 8.25. The Morgan fingerprint density at radius 2 is 1.58 bits per heavy atom. The zero-order valence-electron chi connectivity index (χ0n) is 17.2. The average molecular weight is 416 g/mol. The molecule has 0 bridgehead atoms. The number of carbonyl (C=O) groups excluding carboxylic acids is 1. The van der Waals surface area contributed by atoms with Crippen LogP contribution in [-0.2, 0) is 11.3 Å². The monoisotopic (exact) mass is 416 g/mol. The predicted molar refractivity (Wildman–Crippen MR) is 118 cm³/mol. The summed E-state index contributed by atoms with van der Waals surface area (Å²) in [6, 6.07) is 25.0. The normalized spacial score (nSPS) is 23.4. The van der Waals surface area contributed by atoms with Gasteiger partial charge in [0.2, 0.25) is 5.91 Å². The van der Waals surface area contributed by atoms with Crippen molar-refractivity contribution in [1.82, 2.24) is 9.80 Å². The zero-order chi connectivity index (χ0) is 21.4. The predicted octanol–water partition coefficient (Wildman–Crippen LogP) is 3.66. The van der Waals surface area contributed by atoms with Crippen LogP contribution in [0.1, 0.15) is 17.0 Å². The fourth-order valence-corrected chi connectivity index (χ4v) is 5.06. The number of benzene rings is 3. The number of nitrogens with zero attached hydrogens (tertiary/aromatic N) is 2. The topological polar surface area (TPSA) is 43.8 Å². The van der Waals surface area contributed by atoms with Crippen molar-refractivity contribution < 1.29 is 14.3 Å². The number of aliphatic hydroxyl groups is 1. The van der Waals surface area contributed by atoms with E-state index in [-0.39, 0.29) is 36.3 Å². The molecule has 2 aliphatic heterocycles. The van der Waals surface area contributed by atoms with Crippen molar-refractivity contribution in [1.29, 1.82) is 0 Å². The van der Waals surface area contributed by atoms with Crippen molar-refractivity contribution in [2.75, 3.05) is 19.7 Å². The Labute approximate surface area is 181 Å². The quantitative estimate of drug-likeness (QED) is 0.690. The van der Waals surface area contributed by atoms with E-state index in [0.717, 1.165) is 23.2 Å². The number of aliphatic hydroxyl groups excluding tert-OH is 1. The van der Waals surface area contributed by atoms with Crippen LogP contribution < -0.4 is 0 Å². The van der Waals surface area contributed by atoms with Gasteiger partial charge in [0.15, 0.2) is 0 Å². The first-order chi connectivity index (χ1) is 15.1. The molecule has 2 heterocycles. The van der Waals surface area contributed by atoms with Gasteiger partial charge in [-0.2, -0.15) is 0 Å². The van der Waals surface area contributed by atoms with Crippen molar-refractivity contribution in [3.8, 4) is 11.1 Å². The van der Waals surface area contributed by atoms with E-state index in [0.29, 0.717) is 13.1 Å². The molecule has 0 aromatic heterocycles. The molecule has 2 saturated heterocycles. The molecule has 1 N–H and O–H groups in total. The second-order valence-electron chi connectivity index (χ2n) is 8.43. The lowest BCUT2D eigenvalue weighted by Gasteiger charge is -2.59. The van der Waals surface area contributed by atoms with E-state index in [1.165, 1.54) is 17.7 Å². The van der Waals surface area contributed by atoms with E-state index < -0.39 is 0 Å². The van der Waals surface area contributed by atoms with Gasteiger partial charge in [-0.3, -0.25) is 9.69 Å². The van der Waals surface area contributed by atoms with E-state index in [4.69, 9.17) is 0 Å². The first-order valence-electron chi connectivity index (χ1n) is 10.7. The number of amides is 1. The Balaban J connectivity index is 1.35. The van der Waals surface area contributed by atoms with Crippen molar-refractivity contribution >= 4 is 5.91 Å². The minimum atomic E-state index is -0.256. The standard InChI is InChI=1S/C26H25FN2O2/c27-22-12-6-18(7-13-22)14-28-15-23-26(24(17-30)29(23)25(31)16-28)21-10-8-20(9-11-21)19-4-2-1-3-5-19/h1-13,23-24,26,30H,14-17H2/t23-,24-,26+/m1/s1. The highest BCUT2D eigenvalue weighted by Gasteiger charge is 2.53. The number of carbonyl (C=O) groups is 1. The molecular weight excluding hydrogens is 391 g/mol. The summed E-state index contributed by atoms with van der Waals surface area (Å²) in [6.07, 6.45) is 0. The van der Waals surface area contributed by atoms with Crippen LogP contribution in [0, 0.1) is 5.82 Å². The van der Waals surface area contributed by atoms with Gasteiger partial charge < -0.3 is 10.0 Å². The van der Waals surface area contributed by atoms with Gasteiger partial charge in [0, 0.05) is 19.0 Å². The molecule has 2 fully saturated rings. The lowest BCUT2D eigenvalue weighted by Crippen LogP contribution is -2.72. The highest BCUT2D eigenvalue weighted by atomic mass is 19.1. The SMILES string of the molecule is O=C1CN(Cc2ccc(F)cc2)C[C@@H]2[C@H](c3ccc(-c4ccccc4)cc3)[C@@H](CO)N12. The number of hydrogen-bond acceptors (Lipinski definition) is 3. The van der Waals surface area contributed by atoms with Gasteiger partial charge in [0.05, 0.1) is 25.2 Å². The summed E-state index contributed by atoms with van der Waals surface area (Å²) >= 11 is 0. The van der Waals surface area contributed by atoms with E-state index in [9.17, 15) is 14.3 Å². The van der Waals surface area contributed by atoms with Crippen molar-refractivity contribution in [3.63, 3.8) is 0 Å². The van der Waals surface area contributed by atoms with Gasteiger partial charge in [-0.1, -0.05) is 66.7 Å². The van der Waals surface area contributed by atoms with Crippen LogP contribution >= 0.6 is 0 Å². The van der Waals surface area contributed by atoms with Gasteiger partial charge in [-0.05, 0) is 34.4 Å². The molecule has 0 saturated carbocycles. The first kappa shape index (κ1) is 19.9. The maximum Gasteiger partial charge on any atom is 0.237 e. The fraction of sp³-hybridized carbons (Fsp3) is 0.269. The Kier molecular flexibility index (Phi) is 5.30. The third-order valence-electron chi connectivity index (χ3n) is 6.54. The molecule has 3 aromatic rings. The number of fused-ring (bicyclic) bond motifs is 1. The summed E-state index contributed by atoms with van der Waals surface area (Å²) in [5.74, 6) is -0.0993. The lowest BCUT2D eigenvalue weighted by atomic mass is 9.73. The molecule has 31 heavy (non-hydrogen) atoms. The molecule has 158 valence electrons. The van der Waals surface area contributed by atoms with Gasteiger partial charge in [-0.25, -0.2) is 4.39 Å². The summed E-state index contributed by atoms with van der Waals surface area (Å²) < 4.78 is 13.2. The Bertz CT molecular complexity index is 1050. The van der Waals surface area contributed by atoms with Crippen LogP contribution in [0.25, 0.3) is 11.1 Å². The van der Waals surface area contributed by atoms with Crippen LogP contribution in [0.5, 0.6) is 0 Å². The second-order valence-corrected chi connectivity index (χ2v) is 8.43. The molecule has 0 unspecified atom stereocenters. The molecule has 0 aliphatic carbocycles. The van der Waals surface area contributed by atoms with E-state index in [1.54, 1.807) is 12.1 Å². The molecule has 0 spiro atoms. The Morgan fingerprint density at radius 3 is 2.26 bits per heavy atom. The average Bonchev–Trinajstić information content (AvgIpc) is 2.78. The third-order valence-corrected chi connectivity index (χ3v) is 6.54. The van der Waals surface area contributed by atoms with Crippen LogP contribution in [0.2, 0.25) is 0 Å². The molecule has 3 atom stereocenters. The van der Waals surface area contributed by atoms with Crippen molar-refractivity contribution in [3.05, 3.63) is 95.8 Å². The fourth-order valence-electron chi connectivity index (χ4n) is 5.06. The largest absolute Gasteiger partial charge is 0.394 e. The van der Waals surface area contributed by atoms with E-state index >= 15 is 0 Å². The number of rotatable bonds is 5. The molecule has 1 amide bonds. The van der Waals surface area contributed by atoms with Crippen LogP contribution in [-0.4, -0.2) is 52.6 Å². The first-order valence-corrected chi connectivity index (χ1v) is 10.7. The van der Waals surface area contributed by atoms with Crippen LogP contribution in [0.4, 0.5) is 4.39 Å². The summed E-state index contributed by atoms with van der Waals surface area (Å²) in [4.78, 5) is 16.8. The van der Waals surface area contributed by atoms with Crippen LogP contribution in [0.3, 0.4) is 0 Å². The molecular formula is C26H25FN2O2. The van der Waals surface area contributed by atoms with Gasteiger partial charge in [0.25, 0.3) is 0 Å². The molecule has 5 rings (SSSR count). The summed E-state index contributed by atoms with van der Waals surface area (Å²) in [6.45, 7) is 1.64. The van der Waals surface area contributed by atoms with Gasteiger partial charge in [0.1, 0.15) is 5.82 Å². The molecule has 5 heteroatoms.